The van der Waals surface area contributed by atoms with Crippen molar-refractivity contribution in [2.24, 2.45) is 5.92 Å². The van der Waals surface area contributed by atoms with Gasteiger partial charge in [0.1, 0.15) is 6.61 Å². The molecule has 0 bridgehead atoms. The summed E-state index contributed by atoms with van der Waals surface area (Å²) in [6.07, 6.45) is 0. The molecule has 5 heteroatoms. The summed E-state index contributed by atoms with van der Waals surface area (Å²) in [5.41, 5.74) is 0. The Morgan fingerprint density at radius 2 is 1.76 bits per heavy atom. The van der Waals surface area contributed by atoms with Gasteiger partial charge in [0, 0.05) is 6.61 Å². The Hall–Kier alpha value is -0.940. The monoisotopic (exact) mass is 245 g/mol. The Kier molecular flexibility index (Phi) is 8.62. The van der Waals surface area contributed by atoms with Crippen molar-refractivity contribution >= 4 is 11.7 Å². The first kappa shape index (κ1) is 16.1. The highest BCUT2D eigenvalue weighted by Crippen LogP contribution is 2.02. The number of carbonyl (C=O) groups is 2. The third-order valence-electron chi connectivity index (χ3n) is 2.23. The van der Waals surface area contributed by atoms with Crippen LogP contribution in [0.25, 0.3) is 0 Å². The van der Waals surface area contributed by atoms with Crippen LogP contribution in [0.4, 0.5) is 0 Å². The minimum atomic E-state index is -0.432. The molecule has 17 heavy (non-hydrogen) atoms. The Morgan fingerprint density at radius 1 is 1.18 bits per heavy atom. The molecule has 0 aliphatic carbocycles. The fourth-order valence-corrected chi connectivity index (χ4v) is 1.38. The van der Waals surface area contributed by atoms with E-state index in [1.165, 1.54) is 6.92 Å². The highest BCUT2D eigenvalue weighted by Gasteiger charge is 2.20. The van der Waals surface area contributed by atoms with Gasteiger partial charge in [-0.15, -0.1) is 0 Å². The van der Waals surface area contributed by atoms with E-state index in [-0.39, 0.29) is 24.2 Å². The van der Waals surface area contributed by atoms with Crippen LogP contribution in [0, 0.1) is 5.92 Å². The van der Waals surface area contributed by atoms with Crippen molar-refractivity contribution in [3.05, 3.63) is 0 Å². The smallest absolute Gasteiger partial charge is 0.246 e. The summed E-state index contributed by atoms with van der Waals surface area (Å²) in [5, 5.41) is 2.65. The van der Waals surface area contributed by atoms with Crippen molar-refractivity contribution in [1.29, 1.82) is 0 Å². The Balaban J connectivity index is 3.80. The van der Waals surface area contributed by atoms with E-state index in [0.717, 1.165) is 0 Å². The van der Waals surface area contributed by atoms with E-state index in [1.807, 2.05) is 20.8 Å². The zero-order valence-corrected chi connectivity index (χ0v) is 11.1. The van der Waals surface area contributed by atoms with Crippen LogP contribution >= 0.6 is 0 Å². The Bertz CT molecular complexity index is 241. The number of nitrogens with one attached hydrogen (secondary N) is 1. The van der Waals surface area contributed by atoms with Crippen LogP contribution in [-0.4, -0.2) is 44.2 Å². The standard InChI is InChI=1S/C12H23NO4/c1-5-16-6-7-17-8-11(15)13-12(9(2)3)10(4)14/h9,12H,5-8H2,1-4H3,(H,13,15). The molecule has 0 heterocycles. The first-order chi connectivity index (χ1) is 7.99. The zero-order valence-electron chi connectivity index (χ0n) is 11.1. The largest absolute Gasteiger partial charge is 0.379 e. The van der Waals surface area contributed by atoms with Gasteiger partial charge in [-0.05, 0) is 19.8 Å². The van der Waals surface area contributed by atoms with E-state index >= 15 is 0 Å². The van der Waals surface area contributed by atoms with Gasteiger partial charge in [-0.25, -0.2) is 0 Å². The molecular weight excluding hydrogens is 222 g/mol. The number of Topliss-reactive ketones (excluding diaryl/α,β-unsaturated/α-hetero) is 1. The predicted octanol–water partition coefficient (Wildman–Crippen LogP) is 0.769. The van der Waals surface area contributed by atoms with E-state index < -0.39 is 6.04 Å². The third kappa shape index (κ3) is 7.88. The van der Waals surface area contributed by atoms with Crippen LogP contribution in [0.3, 0.4) is 0 Å². The van der Waals surface area contributed by atoms with Crippen molar-refractivity contribution in [1.82, 2.24) is 5.32 Å². The number of ketones is 1. The molecule has 5 nitrogen and oxygen atoms in total. The number of hydrogen-bond acceptors (Lipinski definition) is 4. The number of rotatable bonds is 9. The second-order valence-electron chi connectivity index (χ2n) is 4.15. The minimum Gasteiger partial charge on any atom is -0.379 e. The molecule has 0 aliphatic rings. The number of amides is 1. The highest BCUT2D eigenvalue weighted by molar-refractivity contribution is 5.88. The second kappa shape index (κ2) is 9.13. The fraction of sp³-hybridized carbons (Fsp3) is 0.833. The summed E-state index contributed by atoms with van der Waals surface area (Å²) in [6, 6.07) is -0.432. The SMILES string of the molecule is CCOCCOCC(=O)NC(C(C)=O)C(C)C. The molecule has 0 aromatic rings. The van der Waals surface area contributed by atoms with E-state index in [0.29, 0.717) is 19.8 Å². The van der Waals surface area contributed by atoms with Gasteiger partial charge in [0.15, 0.2) is 5.78 Å². The van der Waals surface area contributed by atoms with Crippen LogP contribution < -0.4 is 5.32 Å². The first-order valence-electron chi connectivity index (χ1n) is 5.94. The lowest BCUT2D eigenvalue weighted by Gasteiger charge is -2.19. The van der Waals surface area contributed by atoms with Gasteiger partial charge in [0.2, 0.25) is 5.91 Å². The van der Waals surface area contributed by atoms with Gasteiger partial charge in [0.25, 0.3) is 0 Å². The fourth-order valence-electron chi connectivity index (χ4n) is 1.38. The molecule has 0 radical (unpaired) electrons. The molecule has 100 valence electrons. The number of hydrogen-bond donors (Lipinski definition) is 1. The van der Waals surface area contributed by atoms with Crippen LogP contribution in [-0.2, 0) is 19.1 Å². The number of ether oxygens (including phenoxy) is 2. The van der Waals surface area contributed by atoms with E-state index in [9.17, 15) is 9.59 Å². The predicted molar refractivity (Wildman–Crippen MR) is 64.8 cm³/mol. The van der Waals surface area contributed by atoms with Crippen molar-refractivity contribution in [3.8, 4) is 0 Å². The maximum absolute atomic E-state index is 11.5. The van der Waals surface area contributed by atoms with Gasteiger partial charge >= 0.3 is 0 Å². The Labute approximate surface area is 103 Å². The second-order valence-corrected chi connectivity index (χ2v) is 4.15. The van der Waals surface area contributed by atoms with Crippen molar-refractivity contribution in [2.75, 3.05) is 26.4 Å². The first-order valence-corrected chi connectivity index (χ1v) is 5.94. The summed E-state index contributed by atoms with van der Waals surface area (Å²) in [7, 11) is 0. The van der Waals surface area contributed by atoms with E-state index in [1.54, 1.807) is 0 Å². The number of carbonyl (C=O) groups excluding carboxylic acids is 2. The normalized spacial score (nSPS) is 12.5. The molecule has 0 aliphatic heterocycles. The molecule has 0 aromatic heterocycles. The van der Waals surface area contributed by atoms with Crippen LogP contribution in [0.2, 0.25) is 0 Å². The summed E-state index contributed by atoms with van der Waals surface area (Å²) in [4.78, 5) is 22.7. The zero-order chi connectivity index (χ0) is 13.3. The molecule has 1 N–H and O–H groups in total. The maximum atomic E-state index is 11.5. The van der Waals surface area contributed by atoms with Gasteiger partial charge in [0.05, 0.1) is 19.3 Å². The van der Waals surface area contributed by atoms with Crippen LogP contribution in [0.15, 0.2) is 0 Å². The van der Waals surface area contributed by atoms with Crippen molar-refractivity contribution in [3.63, 3.8) is 0 Å². The van der Waals surface area contributed by atoms with Crippen molar-refractivity contribution in [2.45, 2.75) is 33.7 Å². The van der Waals surface area contributed by atoms with Crippen molar-refractivity contribution < 1.29 is 19.1 Å². The lowest BCUT2D eigenvalue weighted by atomic mass is 10.0. The molecule has 0 aromatic carbocycles. The van der Waals surface area contributed by atoms with Crippen LogP contribution in [0.5, 0.6) is 0 Å². The molecule has 0 saturated heterocycles. The molecule has 0 saturated carbocycles. The minimum absolute atomic E-state index is 0.0381. The topological polar surface area (TPSA) is 64.6 Å². The quantitative estimate of drug-likeness (QED) is 0.609. The average Bonchev–Trinajstić information content (AvgIpc) is 2.24. The molecule has 1 atom stereocenters. The van der Waals surface area contributed by atoms with E-state index in [2.05, 4.69) is 5.32 Å². The summed E-state index contributed by atoms with van der Waals surface area (Å²) < 4.78 is 10.2. The van der Waals surface area contributed by atoms with Gasteiger partial charge in [-0.2, -0.15) is 0 Å². The third-order valence-corrected chi connectivity index (χ3v) is 2.23. The molecular formula is C12H23NO4. The van der Waals surface area contributed by atoms with Gasteiger partial charge in [-0.3, -0.25) is 9.59 Å². The molecule has 0 spiro atoms. The van der Waals surface area contributed by atoms with Crippen LogP contribution in [0.1, 0.15) is 27.7 Å². The lowest BCUT2D eigenvalue weighted by molar-refractivity contribution is -0.131. The summed E-state index contributed by atoms with van der Waals surface area (Å²) >= 11 is 0. The van der Waals surface area contributed by atoms with Gasteiger partial charge in [-0.1, -0.05) is 13.8 Å². The summed E-state index contributed by atoms with van der Waals surface area (Å²) in [6.45, 7) is 8.61. The highest BCUT2D eigenvalue weighted by atomic mass is 16.5. The van der Waals surface area contributed by atoms with Gasteiger partial charge < -0.3 is 14.8 Å². The summed E-state index contributed by atoms with van der Waals surface area (Å²) in [5.74, 6) is -0.224. The molecule has 0 fully saturated rings. The lowest BCUT2D eigenvalue weighted by Crippen LogP contribution is -2.44. The molecule has 0 rings (SSSR count). The average molecular weight is 245 g/mol. The molecule has 1 unspecified atom stereocenters. The molecule has 1 amide bonds. The van der Waals surface area contributed by atoms with E-state index in [4.69, 9.17) is 9.47 Å². The maximum Gasteiger partial charge on any atom is 0.246 e. The Morgan fingerprint density at radius 3 is 2.24 bits per heavy atom.